The van der Waals surface area contributed by atoms with Crippen molar-refractivity contribution in [3.05, 3.63) is 0 Å². The standard InChI is InChI=1S/C18H31NO2/c1-4-5-14(20)9-19-15(21)18-8-13-6-16(2,11-18)10-17(3,7-13)12-18/h13-14,20H,4-12H2,1-3H3,(H,19,21). The van der Waals surface area contributed by atoms with Gasteiger partial charge in [0.15, 0.2) is 0 Å². The largest absolute Gasteiger partial charge is 0.391 e. The third-order valence-corrected chi connectivity index (χ3v) is 6.23. The van der Waals surface area contributed by atoms with E-state index >= 15 is 0 Å². The number of carbonyl (C=O) groups excluding carboxylic acids is 1. The summed E-state index contributed by atoms with van der Waals surface area (Å²) in [5.74, 6) is 0.960. The zero-order valence-corrected chi connectivity index (χ0v) is 13.9. The Balaban J connectivity index is 1.71. The highest BCUT2D eigenvalue weighted by Crippen LogP contribution is 2.69. The molecular formula is C18H31NO2. The van der Waals surface area contributed by atoms with Gasteiger partial charge in [-0.05, 0) is 61.7 Å². The van der Waals surface area contributed by atoms with Crippen LogP contribution >= 0.6 is 0 Å². The first-order valence-corrected chi connectivity index (χ1v) is 8.75. The first kappa shape index (κ1) is 15.3. The van der Waals surface area contributed by atoms with E-state index in [0.29, 0.717) is 17.4 Å². The van der Waals surface area contributed by atoms with Crippen molar-refractivity contribution in [1.82, 2.24) is 5.32 Å². The highest BCUT2D eigenvalue weighted by Gasteiger charge is 2.62. The molecular weight excluding hydrogens is 262 g/mol. The van der Waals surface area contributed by atoms with Crippen molar-refractivity contribution in [3.63, 3.8) is 0 Å². The number of rotatable bonds is 5. The van der Waals surface area contributed by atoms with Gasteiger partial charge in [0.25, 0.3) is 0 Å². The average Bonchev–Trinajstić information content (AvgIpc) is 2.31. The molecule has 21 heavy (non-hydrogen) atoms. The molecule has 4 rings (SSSR count). The van der Waals surface area contributed by atoms with E-state index in [4.69, 9.17) is 0 Å². The molecule has 0 aromatic rings. The van der Waals surface area contributed by atoms with E-state index in [1.165, 1.54) is 19.3 Å². The molecule has 0 aromatic heterocycles. The van der Waals surface area contributed by atoms with Crippen LogP contribution in [-0.4, -0.2) is 23.7 Å². The van der Waals surface area contributed by atoms with Gasteiger partial charge in [-0.3, -0.25) is 4.79 Å². The van der Waals surface area contributed by atoms with Crippen LogP contribution in [0.3, 0.4) is 0 Å². The molecule has 0 heterocycles. The summed E-state index contributed by atoms with van der Waals surface area (Å²) < 4.78 is 0. The number of hydrogen-bond donors (Lipinski definition) is 2. The van der Waals surface area contributed by atoms with Crippen molar-refractivity contribution >= 4 is 5.91 Å². The maximum absolute atomic E-state index is 12.9. The van der Waals surface area contributed by atoms with Gasteiger partial charge in [-0.25, -0.2) is 0 Å². The van der Waals surface area contributed by atoms with Crippen LogP contribution in [0.2, 0.25) is 0 Å². The molecule has 3 nitrogen and oxygen atoms in total. The Labute approximate surface area is 128 Å². The predicted octanol–water partition coefficient (Wildman–Crippen LogP) is 3.26. The van der Waals surface area contributed by atoms with E-state index in [0.717, 1.165) is 38.0 Å². The van der Waals surface area contributed by atoms with Gasteiger partial charge in [0.2, 0.25) is 5.91 Å². The summed E-state index contributed by atoms with van der Waals surface area (Å²) in [6, 6.07) is 0. The predicted molar refractivity (Wildman–Crippen MR) is 83.8 cm³/mol. The van der Waals surface area contributed by atoms with Crippen molar-refractivity contribution < 1.29 is 9.90 Å². The van der Waals surface area contributed by atoms with Gasteiger partial charge in [-0.2, -0.15) is 0 Å². The van der Waals surface area contributed by atoms with Crippen LogP contribution in [0.15, 0.2) is 0 Å². The smallest absolute Gasteiger partial charge is 0.226 e. The van der Waals surface area contributed by atoms with Gasteiger partial charge in [0, 0.05) is 6.54 Å². The van der Waals surface area contributed by atoms with Crippen molar-refractivity contribution in [2.75, 3.05) is 6.54 Å². The van der Waals surface area contributed by atoms with E-state index in [1.54, 1.807) is 0 Å². The fraction of sp³-hybridized carbons (Fsp3) is 0.944. The van der Waals surface area contributed by atoms with E-state index < -0.39 is 0 Å². The lowest BCUT2D eigenvalue weighted by atomic mass is 9.40. The van der Waals surface area contributed by atoms with Crippen molar-refractivity contribution in [2.45, 2.75) is 78.2 Å². The zero-order valence-electron chi connectivity index (χ0n) is 13.9. The normalized spacial score (nSPS) is 45.6. The lowest BCUT2D eigenvalue weighted by molar-refractivity contribution is -0.170. The maximum atomic E-state index is 12.9. The molecule has 3 heteroatoms. The van der Waals surface area contributed by atoms with E-state index in [9.17, 15) is 9.90 Å². The lowest BCUT2D eigenvalue weighted by Crippen LogP contribution is -2.60. The van der Waals surface area contributed by atoms with Crippen LogP contribution in [0, 0.1) is 22.2 Å². The monoisotopic (exact) mass is 293 g/mol. The number of amides is 1. The van der Waals surface area contributed by atoms with Crippen LogP contribution in [0.4, 0.5) is 0 Å². The molecule has 1 amide bonds. The molecule has 0 radical (unpaired) electrons. The molecule has 4 bridgehead atoms. The van der Waals surface area contributed by atoms with Crippen molar-refractivity contribution in [2.24, 2.45) is 22.2 Å². The number of aliphatic hydroxyl groups excluding tert-OH is 1. The quantitative estimate of drug-likeness (QED) is 0.817. The first-order chi connectivity index (χ1) is 9.78. The van der Waals surface area contributed by atoms with Gasteiger partial charge >= 0.3 is 0 Å². The van der Waals surface area contributed by atoms with Crippen LogP contribution in [0.1, 0.15) is 72.1 Å². The summed E-state index contributed by atoms with van der Waals surface area (Å²) in [6.07, 6.45) is 8.46. The molecule has 3 atom stereocenters. The van der Waals surface area contributed by atoms with Gasteiger partial charge in [0.05, 0.1) is 11.5 Å². The number of hydrogen-bond acceptors (Lipinski definition) is 2. The summed E-state index contributed by atoms with van der Waals surface area (Å²) in [7, 11) is 0. The molecule has 4 aliphatic rings. The van der Waals surface area contributed by atoms with Crippen LogP contribution in [0.5, 0.6) is 0 Å². The summed E-state index contributed by atoms with van der Waals surface area (Å²) in [5, 5.41) is 12.9. The highest BCUT2D eigenvalue weighted by molar-refractivity contribution is 5.83. The van der Waals surface area contributed by atoms with Crippen LogP contribution < -0.4 is 5.32 Å². The molecule has 0 saturated heterocycles. The molecule has 2 N–H and O–H groups in total. The molecule has 4 fully saturated rings. The zero-order chi connectivity index (χ0) is 15.3. The van der Waals surface area contributed by atoms with E-state index in [2.05, 4.69) is 26.1 Å². The molecule has 3 unspecified atom stereocenters. The third-order valence-electron chi connectivity index (χ3n) is 6.23. The second kappa shape index (κ2) is 4.97. The van der Waals surface area contributed by atoms with Gasteiger partial charge in [-0.1, -0.05) is 27.2 Å². The fourth-order valence-corrected chi connectivity index (χ4v) is 6.53. The van der Waals surface area contributed by atoms with Crippen molar-refractivity contribution in [1.29, 1.82) is 0 Å². The topological polar surface area (TPSA) is 49.3 Å². The number of carbonyl (C=O) groups is 1. The minimum Gasteiger partial charge on any atom is -0.391 e. The molecule has 0 aromatic carbocycles. The maximum Gasteiger partial charge on any atom is 0.226 e. The van der Waals surface area contributed by atoms with Crippen LogP contribution in [0.25, 0.3) is 0 Å². The second-order valence-corrected chi connectivity index (χ2v) is 9.06. The summed E-state index contributed by atoms with van der Waals surface area (Å²) >= 11 is 0. The van der Waals surface area contributed by atoms with Gasteiger partial charge < -0.3 is 10.4 Å². The minimum atomic E-state index is -0.390. The third kappa shape index (κ3) is 2.74. The lowest BCUT2D eigenvalue weighted by Gasteiger charge is -2.64. The summed E-state index contributed by atoms with van der Waals surface area (Å²) in [5.41, 5.74) is 0.593. The molecule has 0 spiro atoms. The van der Waals surface area contributed by atoms with Gasteiger partial charge in [0.1, 0.15) is 0 Å². The molecule has 0 aliphatic heterocycles. The first-order valence-electron chi connectivity index (χ1n) is 8.75. The SMILES string of the molecule is CCCC(O)CNC(=O)C12CC3CC(C)(CC(C)(C3)C1)C2. The Hall–Kier alpha value is -0.570. The molecule has 4 aliphatic carbocycles. The fourth-order valence-electron chi connectivity index (χ4n) is 6.53. The Kier molecular flexibility index (Phi) is 3.63. The average molecular weight is 293 g/mol. The molecule has 4 saturated carbocycles. The van der Waals surface area contributed by atoms with E-state index in [1.807, 2.05) is 0 Å². The Bertz CT molecular complexity index is 415. The minimum absolute atomic E-state index is 0.144. The number of aliphatic hydroxyl groups is 1. The van der Waals surface area contributed by atoms with Crippen molar-refractivity contribution in [3.8, 4) is 0 Å². The summed E-state index contributed by atoms with van der Waals surface area (Å²) in [6.45, 7) is 7.27. The molecule has 120 valence electrons. The number of nitrogens with one attached hydrogen (secondary N) is 1. The van der Waals surface area contributed by atoms with E-state index in [-0.39, 0.29) is 17.4 Å². The Morgan fingerprint density at radius 2 is 1.81 bits per heavy atom. The van der Waals surface area contributed by atoms with Gasteiger partial charge in [-0.15, -0.1) is 0 Å². The Morgan fingerprint density at radius 3 is 2.33 bits per heavy atom. The van der Waals surface area contributed by atoms with Crippen LogP contribution in [-0.2, 0) is 4.79 Å². The summed E-state index contributed by atoms with van der Waals surface area (Å²) in [4.78, 5) is 12.9. The second-order valence-electron chi connectivity index (χ2n) is 9.06. The Morgan fingerprint density at radius 1 is 1.19 bits per heavy atom. The highest BCUT2D eigenvalue weighted by atomic mass is 16.3.